The van der Waals surface area contributed by atoms with Gasteiger partial charge in [-0.3, -0.25) is 14.9 Å². The van der Waals surface area contributed by atoms with Crippen LogP contribution in [0.3, 0.4) is 0 Å². The number of anilines is 1. The lowest BCUT2D eigenvalue weighted by Gasteiger charge is -2.08. The van der Waals surface area contributed by atoms with Crippen LogP contribution in [-0.4, -0.2) is 36.0 Å². The van der Waals surface area contributed by atoms with E-state index in [2.05, 4.69) is 5.32 Å². The summed E-state index contributed by atoms with van der Waals surface area (Å²) in [5.41, 5.74) is 0.677. The maximum Gasteiger partial charge on any atom is 0.350 e. The van der Waals surface area contributed by atoms with Crippen molar-refractivity contribution in [3.05, 3.63) is 80.2 Å². The summed E-state index contributed by atoms with van der Waals surface area (Å²) < 4.78 is 10.0. The Hall–Kier alpha value is -3.76. The molecule has 0 fully saturated rings. The first kappa shape index (κ1) is 23.9. The minimum absolute atomic E-state index is 0.121. The quantitative estimate of drug-likeness (QED) is 0.270. The number of amides is 1. The van der Waals surface area contributed by atoms with Gasteiger partial charge in [-0.25, -0.2) is 9.59 Å². The van der Waals surface area contributed by atoms with E-state index in [4.69, 9.17) is 21.1 Å². The molecule has 0 saturated carbocycles. The minimum atomic E-state index is -0.925. The molecule has 1 aromatic heterocycles. The Balaban J connectivity index is 1.71. The molecule has 3 rings (SSSR count). The molecule has 0 atom stereocenters. The molecule has 9 nitrogen and oxygen atoms in total. The van der Waals surface area contributed by atoms with Crippen molar-refractivity contribution in [3.8, 4) is 10.4 Å². The first-order valence-electron chi connectivity index (χ1n) is 9.57. The van der Waals surface area contributed by atoms with Crippen molar-refractivity contribution >= 4 is 52.2 Å². The highest BCUT2D eigenvalue weighted by molar-refractivity contribution is 7.18. The largest absolute Gasteiger partial charge is 0.462 e. The summed E-state index contributed by atoms with van der Waals surface area (Å²) in [7, 11) is 0. The minimum Gasteiger partial charge on any atom is -0.462 e. The predicted molar refractivity (Wildman–Crippen MR) is 123 cm³/mol. The molecule has 170 valence electrons. The fourth-order valence-corrected chi connectivity index (χ4v) is 4.02. The maximum absolute atomic E-state index is 12.4. The van der Waals surface area contributed by atoms with E-state index in [9.17, 15) is 24.5 Å². The van der Waals surface area contributed by atoms with Gasteiger partial charge in [0.25, 0.3) is 11.6 Å². The number of benzene rings is 2. The fourth-order valence-electron chi connectivity index (χ4n) is 2.76. The van der Waals surface area contributed by atoms with Gasteiger partial charge in [-0.15, -0.1) is 11.3 Å². The van der Waals surface area contributed by atoms with E-state index in [0.29, 0.717) is 0 Å². The monoisotopic (exact) mass is 488 g/mol. The van der Waals surface area contributed by atoms with Gasteiger partial charge in [0.15, 0.2) is 6.61 Å². The van der Waals surface area contributed by atoms with Crippen LogP contribution >= 0.6 is 22.9 Å². The molecule has 3 aromatic rings. The van der Waals surface area contributed by atoms with Crippen LogP contribution in [0.2, 0.25) is 5.02 Å². The molecule has 0 bridgehead atoms. The van der Waals surface area contributed by atoms with Crippen LogP contribution in [0.25, 0.3) is 10.4 Å². The van der Waals surface area contributed by atoms with Crippen molar-refractivity contribution in [1.82, 2.24) is 0 Å². The number of carbonyl (C=O) groups excluding carboxylic acids is 3. The van der Waals surface area contributed by atoms with Gasteiger partial charge < -0.3 is 14.8 Å². The van der Waals surface area contributed by atoms with Crippen molar-refractivity contribution in [2.45, 2.75) is 6.92 Å². The van der Waals surface area contributed by atoms with Gasteiger partial charge >= 0.3 is 11.9 Å². The third kappa shape index (κ3) is 5.93. The molecular formula is C22H17ClN2O7S. The lowest BCUT2D eigenvalue weighted by atomic mass is 10.2. The maximum atomic E-state index is 12.4. The van der Waals surface area contributed by atoms with Gasteiger partial charge in [0.2, 0.25) is 0 Å². The molecule has 2 aromatic carbocycles. The standard InChI is InChI=1S/C22H17ClN2O7S/c1-2-31-22(28)20-17(11-18(33-20)13-6-4-3-5-7-13)24-19(26)12-32-21(27)15-9-8-14(25(29)30)10-16(15)23/h3-11H,2,12H2,1H3,(H,24,26). The van der Waals surface area contributed by atoms with Crippen molar-refractivity contribution < 1.29 is 28.8 Å². The third-order valence-corrected chi connectivity index (χ3v) is 5.72. The highest BCUT2D eigenvalue weighted by atomic mass is 35.5. The van der Waals surface area contributed by atoms with Crippen molar-refractivity contribution in [2.24, 2.45) is 0 Å². The summed E-state index contributed by atoms with van der Waals surface area (Å²) in [5.74, 6) is -2.20. The van der Waals surface area contributed by atoms with E-state index >= 15 is 0 Å². The Bertz CT molecular complexity index is 1210. The number of rotatable bonds is 8. The molecule has 0 spiro atoms. The van der Waals surface area contributed by atoms with Gasteiger partial charge in [-0.2, -0.15) is 0 Å². The summed E-state index contributed by atoms with van der Waals surface area (Å²) in [6.45, 7) is 1.17. The lowest BCUT2D eigenvalue weighted by Crippen LogP contribution is -2.22. The molecular weight excluding hydrogens is 472 g/mol. The van der Waals surface area contributed by atoms with Gasteiger partial charge in [0.05, 0.1) is 27.8 Å². The smallest absolute Gasteiger partial charge is 0.350 e. The molecule has 33 heavy (non-hydrogen) atoms. The number of carbonyl (C=O) groups is 3. The summed E-state index contributed by atoms with van der Waals surface area (Å²) >= 11 is 7.06. The molecule has 0 unspecified atom stereocenters. The molecule has 1 amide bonds. The zero-order valence-corrected chi connectivity index (χ0v) is 18.8. The number of halogens is 1. The number of esters is 2. The van der Waals surface area contributed by atoms with Crippen LogP contribution < -0.4 is 5.32 Å². The van der Waals surface area contributed by atoms with Gasteiger partial charge in [0, 0.05) is 17.0 Å². The first-order valence-corrected chi connectivity index (χ1v) is 10.8. The van der Waals surface area contributed by atoms with Gasteiger partial charge in [-0.1, -0.05) is 41.9 Å². The van der Waals surface area contributed by atoms with E-state index in [0.717, 1.165) is 40.0 Å². The summed E-state index contributed by atoms with van der Waals surface area (Å²) in [6.07, 6.45) is 0. The number of nitro benzene ring substituents is 1. The second-order valence-electron chi connectivity index (χ2n) is 6.49. The number of ether oxygens (including phenoxy) is 2. The number of thiophene rings is 1. The molecule has 1 heterocycles. The van der Waals surface area contributed by atoms with Crippen LogP contribution in [0.15, 0.2) is 54.6 Å². The SMILES string of the molecule is CCOC(=O)c1sc(-c2ccccc2)cc1NC(=O)COC(=O)c1ccc([N+](=O)[O-])cc1Cl. The number of non-ortho nitro benzene ring substituents is 1. The zero-order chi connectivity index (χ0) is 24.0. The van der Waals surface area contributed by atoms with Crippen LogP contribution in [-0.2, 0) is 14.3 Å². The average molecular weight is 489 g/mol. The second-order valence-corrected chi connectivity index (χ2v) is 7.94. The topological polar surface area (TPSA) is 125 Å². The van der Waals surface area contributed by atoms with Crippen molar-refractivity contribution in [2.75, 3.05) is 18.5 Å². The molecule has 0 radical (unpaired) electrons. The fraction of sp³-hybridized carbons (Fsp3) is 0.136. The number of hydrogen-bond donors (Lipinski definition) is 1. The van der Waals surface area contributed by atoms with E-state index in [1.54, 1.807) is 13.0 Å². The molecule has 0 saturated heterocycles. The van der Waals surface area contributed by atoms with E-state index < -0.39 is 29.4 Å². The van der Waals surface area contributed by atoms with E-state index in [1.807, 2.05) is 30.3 Å². The Morgan fingerprint density at radius 1 is 1.06 bits per heavy atom. The van der Waals surface area contributed by atoms with Crippen LogP contribution in [0.1, 0.15) is 27.0 Å². The molecule has 0 aliphatic rings. The number of nitro groups is 1. The molecule has 0 aliphatic heterocycles. The highest BCUT2D eigenvalue weighted by Crippen LogP contribution is 2.35. The molecule has 0 aliphatic carbocycles. The average Bonchev–Trinajstić information content (AvgIpc) is 3.22. The van der Waals surface area contributed by atoms with Crippen LogP contribution in [0.5, 0.6) is 0 Å². The third-order valence-electron chi connectivity index (χ3n) is 4.24. The summed E-state index contributed by atoms with van der Waals surface area (Å²) in [4.78, 5) is 48.0. The summed E-state index contributed by atoms with van der Waals surface area (Å²) in [6, 6.07) is 14.2. The number of nitrogens with zero attached hydrogens (tertiary/aromatic N) is 1. The van der Waals surface area contributed by atoms with E-state index in [1.165, 1.54) is 0 Å². The van der Waals surface area contributed by atoms with Crippen LogP contribution in [0.4, 0.5) is 11.4 Å². The Kier molecular flexibility index (Phi) is 7.75. The van der Waals surface area contributed by atoms with E-state index in [-0.39, 0.29) is 33.4 Å². The Morgan fingerprint density at radius 3 is 2.42 bits per heavy atom. The predicted octanol–water partition coefficient (Wildman–Crippen LogP) is 4.95. The Morgan fingerprint density at radius 2 is 1.79 bits per heavy atom. The summed E-state index contributed by atoms with van der Waals surface area (Å²) in [5, 5.41) is 13.2. The lowest BCUT2D eigenvalue weighted by molar-refractivity contribution is -0.384. The molecule has 11 heteroatoms. The Labute approximate surface area is 197 Å². The number of nitrogens with one attached hydrogen (secondary N) is 1. The molecule has 1 N–H and O–H groups in total. The second kappa shape index (κ2) is 10.7. The normalized spacial score (nSPS) is 10.4. The first-order chi connectivity index (χ1) is 15.8. The number of hydrogen-bond acceptors (Lipinski definition) is 8. The van der Waals surface area contributed by atoms with Gasteiger partial charge in [-0.05, 0) is 24.6 Å². The zero-order valence-electron chi connectivity index (χ0n) is 17.2. The van der Waals surface area contributed by atoms with Crippen molar-refractivity contribution in [1.29, 1.82) is 0 Å². The van der Waals surface area contributed by atoms with Gasteiger partial charge in [0.1, 0.15) is 4.88 Å². The van der Waals surface area contributed by atoms with Crippen molar-refractivity contribution in [3.63, 3.8) is 0 Å². The highest BCUT2D eigenvalue weighted by Gasteiger charge is 2.21. The van der Waals surface area contributed by atoms with Crippen LogP contribution in [0, 0.1) is 10.1 Å².